The van der Waals surface area contributed by atoms with Crippen LogP contribution in [0.15, 0.2) is 60.7 Å². The molecule has 2 aromatic rings. The third-order valence-electron chi connectivity index (χ3n) is 5.63. The third-order valence-corrected chi connectivity index (χ3v) is 5.63. The van der Waals surface area contributed by atoms with Crippen molar-refractivity contribution in [2.75, 3.05) is 13.1 Å². The summed E-state index contributed by atoms with van der Waals surface area (Å²) in [6, 6.07) is 21.2. The number of hydrogen-bond donors (Lipinski definition) is 3. The van der Waals surface area contributed by atoms with Crippen molar-refractivity contribution in [1.82, 2.24) is 21.1 Å². The van der Waals surface area contributed by atoms with Crippen molar-refractivity contribution in [3.8, 4) is 0 Å². The van der Waals surface area contributed by atoms with Crippen molar-refractivity contribution in [2.24, 2.45) is 0 Å². The van der Waals surface area contributed by atoms with Gasteiger partial charge in [-0.05, 0) is 30.4 Å². The molecule has 0 saturated carbocycles. The number of benzene rings is 2. The monoisotopic (exact) mass is 364 g/mol. The van der Waals surface area contributed by atoms with Crippen molar-refractivity contribution >= 4 is 5.91 Å². The van der Waals surface area contributed by atoms with Gasteiger partial charge in [0.2, 0.25) is 5.91 Å². The topological polar surface area (TPSA) is 56.4 Å². The van der Waals surface area contributed by atoms with E-state index >= 15 is 0 Å². The molecule has 2 aliphatic rings. The van der Waals surface area contributed by atoms with Crippen LogP contribution in [0.5, 0.6) is 0 Å². The summed E-state index contributed by atoms with van der Waals surface area (Å²) in [7, 11) is 0. The zero-order valence-electron chi connectivity index (χ0n) is 15.6. The van der Waals surface area contributed by atoms with Crippen LogP contribution in [-0.4, -0.2) is 36.1 Å². The number of rotatable bonds is 5. The molecule has 0 spiro atoms. The second-order valence-electron chi connectivity index (χ2n) is 7.54. The van der Waals surface area contributed by atoms with Crippen LogP contribution in [0.3, 0.4) is 0 Å². The number of hydrogen-bond acceptors (Lipinski definition) is 4. The predicted molar refractivity (Wildman–Crippen MR) is 107 cm³/mol. The summed E-state index contributed by atoms with van der Waals surface area (Å²) in [6.45, 7) is 2.02. The van der Waals surface area contributed by atoms with Gasteiger partial charge in [-0.1, -0.05) is 60.7 Å². The van der Waals surface area contributed by atoms with Crippen molar-refractivity contribution in [3.63, 3.8) is 0 Å². The molecule has 2 fully saturated rings. The molecule has 0 aromatic heterocycles. The van der Waals surface area contributed by atoms with E-state index in [1.54, 1.807) is 0 Å². The molecule has 142 valence electrons. The fourth-order valence-electron chi connectivity index (χ4n) is 4.10. The molecule has 2 aromatic carbocycles. The van der Waals surface area contributed by atoms with Crippen molar-refractivity contribution in [1.29, 1.82) is 0 Å². The molecule has 27 heavy (non-hydrogen) atoms. The molecule has 0 bridgehead atoms. The Morgan fingerprint density at radius 1 is 0.963 bits per heavy atom. The highest BCUT2D eigenvalue weighted by atomic mass is 16.1. The van der Waals surface area contributed by atoms with Crippen LogP contribution in [0.4, 0.5) is 0 Å². The van der Waals surface area contributed by atoms with Crippen molar-refractivity contribution < 1.29 is 4.79 Å². The fraction of sp³-hybridized carbons (Fsp3) is 0.409. The number of nitrogens with zero attached hydrogens (tertiary/aromatic N) is 1. The number of hydrazine groups is 1. The van der Waals surface area contributed by atoms with Crippen LogP contribution in [0.1, 0.15) is 36.4 Å². The van der Waals surface area contributed by atoms with Crippen molar-refractivity contribution in [3.05, 3.63) is 71.8 Å². The highest BCUT2D eigenvalue weighted by Crippen LogP contribution is 2.25. The molecule has 5 nitrogen and oxygen atoms in total. The highest BCUT2D eigenvalue weighted by Gasteiger charge is 2.32. The minimum absolute atomic E-state index is 0.129. The van der Waals surface area contributed by atoms with Crippen LogP contribution in [0.2, 0.25) is 0 Å². The van der Waals surface area contributed by atoms with E-state index in [4.69, 9.17) is 0 Å². The van der Waals surface area contributed by atoms with Crippen LogP contribution >= 0.6 is 0 Å². The maximum absolute atomic E-state index is 12.3. The fourth-order valence-corrected chi connectivity index (χ4v) is 4.10. The summed E-state index contributed by atoms with van der Waals surface area (Å²) in [5.41, 5.74) is 9.28. The molecule has 2 saturated heterocycles. The van der Waals surface area contributed by atoms with Gasteiger partial charge < -0.3 is 5.32 Å². The standard InChI is InChI=1S/C22H28N4O/c27-22(15-17-7-3-1-4-8-17)23-19-11-13-26(14-12-19)21-16-20(24-25-21)18-9-5-2-6-10-18/h1-10,19-21,24-25H,11-16H2,(H,23,27). The summed E-state index contributed by atoms with van der Waals surface area (Å²) in [4.78, 5) is 14.8. The first-order chi connectivity index (χ1) is 13.3. The van der Waals surface area contributed by atoms with E-state index in [-0.39, 0.29) is 11.9 Å². The third kappa shape index (κ3) is 4.75. The van der Waals surface area contributed by atoms with Gasteiger partial charge in [-0.3, -0.25) is 9.69 Å². The second-order valence-corrected chi connectivity index (χ2v) is 7.54. The minimum Gasteiger partial charge on any atom is -0.353 e. The molecule has 2 unspecified atom stereocenters. The van der Waals surface area contributed by atoms with Gasteiger partial charge in [0.1, 0.15) is 0 Å². The first-order valence-electron chi connectivity index (χ1n) is 9.91. The molecular formula is C22H28N4O. The maximum atomic E-state index is 12.3. The largest absolute Gasteiger partial charge is 0.353 e. The highest BCUT2D eigenvalue weighted by molar-refractivity contribution is 5.78. The van der Waals surface area contributed by atoms with Crippen molar-refractivity contribution in [2.45, 2.75) is 43.9 Å². The van der Waals surface area contributed by atoms with Crippen LogP contribution in [0, 0.1) is 0 Å². The average Bonchev–Trinajstić information content (AvgIpc) is 3.20. The van der Waals surface area contributed by atoms with E-state index in [2.05, 4.69) is 51.4 Å². The molecule has 2 heterocycles. The number of amides is 1. The van der Waals surface area contributed by atoms with E-state index in [1.165, 1.54) is 5.56 Å². The number of piperidine rings is 1. The quantitative estimate of drug-likeness (QED) is 0.762. The van der Waals surface area contributed by atoms with Gasteiger partial charge >= 0.3 is 0 Å². The van der Waals surface area contributed by atoms with E-state index < -0.39 is 0 Å². The summed E-state index contributed by atoms with van der Waals surface area (Å²) in [5, 5.41) is 3.21. The van der Waals surface area contributed by atoms with Gasteiger partial charge in [0.25, 0.3) is 0 Å². The average molecular weight is 364 g/mol. The van der Waals surface area contributed by atoms with Gasteiger partial charge in [-0.25, -0.2) is 10.9 Å². The molecule has 0 radical (unpaired) electrons. The van der Waals surface area contributed by atoms with E-state index in [0.29, 0.717) is 18.6 Å². The lowest BCUT2D eigenvalue weighted by Crippen LogP contribution is -2.51. The molecule has 5 heteroatoms. The number of carbonyl (C=O) groups excluding carboxylic acids is 1. The Hall–Kier alpha value is -2.21. The van der Waals surface area contributed by atoms with Crippen LogP contribution in [-0.2, 0) is 11.2 Å². The Balaban J connectivity index is 1.22. The first-order valence-corrected chi connectivity index (χ1v) is 9.91. The summed E-state index contributed by atoms with van der Waals surface area (Å²) < 4.78 is 0. The molecule has 1 amide bonds. The Kier molecular flexibility index (Phi) is 5.82. The number of carbonyl (C=O) groups is 1. The Bertz CT molecular complexity index is 728. The van der Waals surface area contributed by atoms with Gasteiger partial charge in [-0.15, -0.1) is 0 Å². The van der Waals surface area contributed by atoms with Gasteiger partial charge in [0.05, 0.1) is 12.6 Å². The normalized spacial score (nSPS) is 24.0. The van der Waals surface area contributed by atoms with E-state index in [1.807, 2.05) is 30.3 Å². The zero-order chi connectivity index (χ0) is 18.5. The Morgan fingerprint density at radius 3 is 2.33 bits per heavy atom. The maximum Gasteiger partial charge on any atom is 0.224 e. The van der Waals surface area contributed by atoms with Crippen LogP contribution in [0.25, 0.3) is 0 Å². The summed E-state index contributed by atoms with van der Waals surface area (Å²) >= 11 is 0. The predicted octanol–water partition coefficient (Wildman–Crippen LogP) is 2.38. The smallest absolute Gasteiger partial charge is 0.224 e. The SMILES string of the molecule is O=C(Cc1ccccc1)NC1CCN(C2CC(c3ccccc3)NN2)CC1. The molecule has 0 aliphatic carbocycles. The number of likely N-dealkylation sites (tertiary alicyclic amines) is 1. The molecule has 2 atom stereocenters. The minimum atomic E-state index is 0.129. The second kappa shape index (κ2) is 8.65. The van der Waals surface area contributed by atoms with E-state index in [0.717, 1.165) is 37.9 Å². The summed E-state index contributed by atoms with van der Waals surface area (Å²) in [5.74, 6) is 0.129. The lowest BCUT2D eigenvalue weighted by molar-refractivity contribution is -0.121. The summed E-state index contributed by atoms with van der Waals surface area (Å²) in [6.07, 6.45) is 3.91. The first kappa shape index (κ1) is 18.2. The van der Waals surface area contributed by atoms with Gasteiger partial charge in [-0.2, -0.15) is 0 Å². The zero-order valence-corrected chi connectivity index (χ0v) is 15.6. The van der Waals surface area contributed by atoms with Crippen LogP contribution < -0.4 is 16.2 Å². The Morgan fingerprint density at radius 2 is 1.63 bits per heavy atom. The van der Waals surface area contributed by atoms with Gasteiger partial charge in [0, 0.05) is 25.2 Å². The lowest BCUT2D eigenvalue weighted by atomic mass is 10.0. The Labute approximate surface area is 161 Å². The van der Waals surface area contributed by atoms with Gasteiger partial charge in [0.15, 0.2) is 0 Å². The molecular weight excluding hydrogens is 336 g/mol. The number of nitrogens with one attached hydrogen (secondary N) is 3. The lowest BCUT2D eigenvalue weighted by Gasteiger charge is -2.35. The molecule has 4 rings (SSSR count). The molecule has 3 N–H and O–H groups in total. The van der Waals surface area contributed by atoms with E-state index in [9.17, 15) is 4.79 Å². The molecule has 2 aliphatic heterocycles.